The molecule has 5 saturated heterocycles. The smallest absolute Gasteiger partial charge is 0.280 e. The Hall–Kier alpha value is -7.62. The number of hydrogen-bond donors (Lipinski definition) is 13. The summed E-state index contributed by atoms with van der Waals surface area (Å²) in [6.07, 6.45) is 25.8. The van der Waals surface area contributed by atoms with Crippen molar-refractivity contribution in [3.63, 3.8) is 0 Å². The monoisotopic (exact) mass is 1990 g/mol. The molecule has 5 aliphatic heterocycles. The van der Waals surface area contributed by atoms with Crippen LogP contribution in [0.5, 0.6) is 23.5 Å². The second kappa shape index (κ2) is 45.5. The highest BCUT2D eigenvalue weighted by molar-refractivity contribution is 7.73. The maximum Gasteiger partial charge on any atom is 0.280 e. The highest BCUT2D eigenvalue weighted by Gasteiger charge is 2.50. The molecule has 0 spiro atoms. The van der Waals surface area contributed by atoms with Gasteiger partial charge >= 0.3 is 0 Å². The molecule has 5 fully saturated rings. The number of methoxy groups -OCH3 is 1. The van der Waals surface area contributed by atoms with Gasteiger partial charge in [0, 0.05) is 6.54 Å². The molecule has 0 aliphatic carbocycles. The van der Waals surface area contributed by atoms with Crippen molar-refractivity contribution in [2.75, 3.05) is 148 Å². The van der Waals surface area contributed by atoms with E-state index >= 15 is 0 Å². The summed E-state index contributed by atoms with van der Waals surface area (Å²) in [5.74, 6) is 2.97. The molecule has 20 atom stereocenters. The maximum atomic E-state index is 12.3. The Balaban J connectivity index is 0.000000161. The number of alkyl halides is 1. The van der Waals surface area contributed by atoms with Gasteiger partial charge in [0.15, 0.2) is 87.0 Å². The Kier molecular flexibility index (Phi) is 36.3. The quantitative estimate of drug-likeness (QED) is 0.0114. The van der Waals surface area contributed by atoms with Gasteiger partial charge < -0.3 is 105 Å². The third-order valence-electron chi connectivity index (χ3n) is 22.8. The molecule has 0 aromatic carbocycles. The number of aliphatic hydroxyl groups is 9. The van der Waals surface area contributed by atoms with Gasteiger partial charge in [0.25, 0.3) is 5.56 Å². The van der Waals surface area contributed by atoms with E-state index < -0.39 is 150 Å². The number of aliphatic hydroxyl groups excluding tert-OH is 9. The Labute approximate surface area is 785 Å². The number of imidazole rings is 5. The number of nitrogen functional groups attached to an aromatic ring is 2. The number of aromatic amines is 1. The van der Waals surface area contributed by atoms with Gasteiger partial charge in [-0.3, -0.25) is 32.6 Å². The molecule has 42 nitrogen and oxygen atoms in total. The van der Waals surface area contributed by atoms with E-state index in [0.717, 1.165) is 69.3 Å². The maximum absolute atomic E-state index is 12.3. The molecular formula is C86H139ClN23O19P5. The van der Waals surface area contributed by atoms with Crippen molar-refractivity contribution in [3.05, 3.63) is 53.6 Å². The molecule has 134 heavy (non-hydrogen) atoms. The predicted molar refractivity (Wildman–Crippen MR) is 535 cm³/mol. The molecule has 5 aliphatic rings. The van der Waals surface area contributed by atoms with Crippen LogP contribution in [0.2, 0.25) is 0 Å². The molecule has 0 saturated carbocycles. The number of nitrogens with two attached hydrogens (primary N) is 2. The Morgan fingerprint density at radius 2 is 0.709 bits per heavy atom. The largest absolute Gasteiger partial charge is 0.479 e. The van der Waals surface area contributed by atoms with Crippen LogP contribution in [0, 0.1) is 13.8 Å². The van der Waals surface area contributed by atoms with Crippen molar-refractivity contribution < 1.29 is 88.6 Å². The zero-order valence-corrected chi connectivity index (χ0v) is 85.0. The van der Waals surface area contributed by atoms with Gasteiger partial charge in [-0.05, 0) is 170 Å². The van der Waals surface area contributed by atoms with Crippen LogP contribution in [0.25, 0.3) is 55.8 Å². The average molecular weight is 1990 g/mol. The molecule has 48 heteroatoms. The first-order valence-corrected chi connectivity index (χ1v) is 60.7. The minimum Gasteiger partial charge on any atom is -0.479 e. The number of rotatable bonds is 34. The van der Waals surface area contributed by atoms with E-state index in [9.17, 15) is 50.8 Å². The lowest BCUT2D eigenvalue weighted by Crippen LogP contribution is -2.32. The molecule has 0 bridgehead atoms. The van der Waals surface area contributed by atoms with E-state index in [1.807, 2.05) is 13.8 Å². The zero-order chi connectivity index (χ0) is 98.1. The summed E-state index contributed by atoms with van der Waals surface area (Å²) in [5, 5.41) is 96.8. The highest BCUT2D eigenvalue weighted by Crippen LogP contribution is 2.47. The highest BCUT2D eigenvalue weighted by atomic mass is 35.5. The van der Waals surface area contributed by atoms with Crippen LogP contribution in [0.3, 0.4) is 0 Å². The second-order valence-corrected chi connectivity index (χ2v) is 60.0. The Morgan fingerprint density at radius 1 is 0.403 bits per heavy atom. The molecule has 15 heterocycles. The number of nitrogens with zero attached hydrogens (tertiary/aromatic N) is 19. The van der Waals surface area contributed by atoms with Crippen molar-refractivity contribution in [1.82, 2.24) is 97.6 Å². The fourth-order valence-electron chi connectivity index (χ4n) is 15.6. The average Bonchev–Trinajstić information content (AvgIpc) is 1.64. The van der Waals surface area contributed by atoms with Crippen LogP contribution in [-0.4, -0.2) is 397 Å². The van der Waals surface area contributed by atoms with E-state index in [1.54, 1.807) is 38.4 Å². The normalized spacial score (nSPS) is 26.1. The lowest BCUT2D eigenvalue weighted by atomic mass is 10.1. The van der Waals surface area contributed by atoms with E-state index in [2.05, 4.69) is 192 Å². The number of ether oxygens (including phenoxy) is 9. The minimum atomic E-state index is -1.27. The summed E-state index contributed by atoms with van der Waals surface area (Å²) in [7, 11) is 1.52. The lowest BCUT2D eigenvalue weighted by molar-refractivity contribution is -0.0353. The van der Waals surface area contributed by atoms with Crippen LogP contribution in [-0.2, 0) is 23.7 Å². The number of nitrogens with one attached hydrogen (secondary N) is 2. The van der Waals surface area contributed by atoms with E-state index in [4.69, 9.17) is 65.7 Å². The van der Waals surface area contributed by atoms with Gasteiger partial charge in [-0.2, -0.15) is 34.9 Å². The first-order chi connectivity index (χ1) is 63.0. The second-order valence-electron chi connectivity index (χ2n) is 37.9. The molecule has 5 unspecified atom stereocenters. The van der Waals surface area contributed by atoms with Crippen molar-refractivity contribution in [3.8, 4) is 23.5 Å². The molecule has 0 amide bonds. The first-order valence-electron chi connectivity index (χ1n) is 45.0. The number of hydrogen-bond acceptors (Lipinski definition) is 36. The van der Waals surface area contributed by atoms with E-state index in [-0.39, 0.29) is 29.1 Å². The van der Waals surface area contributed by atoms with Gasteiger partial charge in [-0.15, -0.1) is 77.5 Å². The summed E-state index contributed by atoms with van der Waals surface area (Å²) in [6, 6.07) is 0. The van der Waals surface area contributed by atoms with Crippen molar-refractivity contribution in [2.45, 2.75) is 228 Å². The zero-order valence-electron chi connectivity index (χ0n) is 79.8. The number of halogens is 1. The summed E-state index contributed by atoms with van der Waals surface area (Å²) >= 11 is 6.50. The SMILES string of the molecule is C=P(C)(C)CC[C@H]1OC(n2cnc3c(=O)[nH]c(NCCCC)nc32)[C@H](O)[C@@H]1O.C=P(C)(C)CC[C@H]1OC(n2cnc3c(OC)nc(C)nc32)[C@H](O)[C@@H]1O.C=P(C)(C)CC[C@H]1OC(n2cnc3c(OCC)nc(C)nc32)[C@H](Cl)[C@@H]1O.C=P(C)(C)CC[C@H]1OC(n2cnc3c(OCCC)nc(N)nc32)[C@H](O)[C@@H]1O.C=P(C)(C)CC[C@H]1OC(n2cnc3c(OCCCC)nc(N)nc32)[C@H](O)[C@@H]1O. The van der Waals surface area contributed by atoms with E-state index in [1.165, 1.54) is 37.0 Å². The number of H-pyrrole nitrogens is 1. The Bertz CT molecular complexity index is 5930. The third kappa shape index (κ3) is 26.7. The van der Waals surface area contributed by atoms with E-state index in [0.29, 0.717) is 143 Å². The molecule has 10 aromatic heterocycles. The number of aryl methyl sites for hydroxylation is 2. The van der Waals surface area contributed by atoms with Gasteiger partial charge in [0.05, 0.1) is 89.1 Å². The van der Waals surface area contributed by atoms with Crippen LogP contribution in [0.4, 0.5) is 17.8 Å². The fourth-order valence-corrected chi connectivity index (χ4v) is 20.7. The van der Waals surface area contributed by atoms with Gasteiger partial charge in [0.1, 0.15) is 72.0 Å². The molecule has 0 radical (unpaired) electrons. The lowest BCUT2D eigenvalue weighted by Gasteiger charge is -2.19. The Morgan fingerprint density at radius 3 is 1.05 bits per heavy atom. The van der Waals surface area contributed by atoms with Crippen LogP contribution in [0.1, 0.15) is 135 Å². The third-order valence-corrected chi connectivity index (χ3v) is 30.7. The van der Waals surface area contributed by atoms with Crippen LogP contribution in [0.15, 0.2) is 36.4 Å². The molecule has 15 rings (SSSR count). The molecule has 15 N–H and O–H groups in total. The summed E-state index contributed by atoms with van der Waals surface area (Å²) in [5.41, 5.74) is 15.6. The molecule has 744 valence electrons. The number of unbranched alkanes of at least 4 members (excludes halogenated alkanes) is 2. The van der Waals surface area contributed by atoms with Crippen LogP contribution < -0.4 is 41.3 Å². The number of fused-ring (bicyclic) bond motifs is 5. The van der Waals surface area contributed by atoms with Crippen molar-refractivity contribution >= 4 is 151 Å². The summed E-state index contributed by atoms with van der Waals surface area (Å²) in [4.78, 5) is 74.9. The standard InChI is InChI=1S/2C18H30N5O4P.C17H26ClN4O3P.C17H28N5O4P.C16H25N4O4P/c1-5-6-8-26-16-12-15(21-18(19)22-16)23(10-20-12)17-14(25)13(24)11(27-17)7-9-28(2,3)4;1-5-6-8-19-18-21-15-12(16(26)22-18)20-10-23(15)17-14(25)13(24)11(27-17)7-9-28(2,3)4;1-6-24-16-13-15(20-10(2)21-16)22(9-19-13)17-12(18)14(23)11(25-17)7-8-26(3,4)5;1-5-7-25-15-11-14(20-17(18)21-15)22(9-19-11)16-13(24)12(23)10(26-16)6-8-27(2,3)4;1-9-18-14-11(15(19-9)23-2)17-8-20(14)16-13(22)12(21)10(24-16)6-7-25(3,4)5/h10-11,13-14,17,24-25H,2,5-9H2,1,3-4H3,(H2,19,21,22);10-11,13-14,17,24-25H,2,5-9H2,1,3-4H3,(H2,19,21,22,26);9,11-12,14,17,23H,3,6-8H2,1-2,4-5H3;9-10,12-13,16,23-24H,2,5-8H2,1,3-4H3,(H2,18,20,21);8,10,12-13,16,21-22H,3,6-7H2,1-2,4-5H3/t2*11-,13-,14-,17?;11-,12-,14-,17?;2*10-,12-,13-,16?/m11111/s1. The topological polar surface area (TPSA) is 567 Å². The number of aromatic nitrogens is 20. The first kappa shape index (κ1) is 107. The van der Waals surface area contributed by atoms with Crippen LogP contribution >= 0.6 is 46.0 Å². The molecular weight excluding hydrogens is 1850 g/mol. The molecule has 10 aromatic rings. The summed E-state index contributed by atoms with van der Waals surface area (Å²) in [6.45, 7) is 28.9. The van der Waals surface area contributed by atoms with Gasteiger partial charge in [-0.1, -0.05) is 33.6 Å². The minimum absolute atomic E-state index is 0.0449. The van der Waals surface area contributed by atoms with Gasteiger partial charge in [-0.25, -0.2) is 34.9 Å². The summed E-state index contributed by atoms with van der Waals surface area (Å²) < 4.78 is 60.2. The number of anilines is 3. The van der Waals surface area contributed by atoms with Crippen molar-refractivity contribution in [1.29, 1.82) is 0 Å². The van der Waals surface area contributed by atoms with Gasteiger partial charge in [0.2, 0.25) is 41.4 Å². The predicted octanol–water partition coefficient (Wildman–Crippen LogP) is 6.63. The fraction of sp³-hybridized carbons (Fsp3) is 0.651. The van der Waals surface area contributed by atoms with Crippen molar-refractivity contribution in [2.24, 2.45) is 0 Å².